The van der Waals surface area contributed by atoms with Crippen LogP contribution in [-0.4, -0.2) is 57.9 Å². The van der Waals surface area contributed by atoms with Gasteiger partial charge >= 0.3 is 6.09 Å². The Morgan fingerprint density at radius 2 is 2.10 bits per heavy atom. The van der Waals surface area contributed by atoms with E-state index in [2.05, 4.69) is 18.8 Å². The Morgan fingerprint density at radius 1 is 1.40 bits per heavy atom. The van der Waals surface area contributed by atoms with Crippen LogP contribution >= 0.6 is 0 Å². The van der Waals surface area contributed by atoms with E-state index >= 15 is 0 Å². The van der Waals surface area contributed by atoms with Crippen LogP contribution in [0.1, 0.15) is 58.3 Å². The highest BCUT2D eigenvalue weighted by Crippen LogP contribution is 2.38. The number of likely N-dealkylation sites (N-methyl/N-ethyl adjacent to an activating group) is 1. The summed E-state index contributed by atoms with van der Waals surface area (Å²) in [5, 5.41) is 11.9. The summed E-state index contributed by atoms with van der Waals surface area (Å²) in [7, 11) is 1.63. The van der Waals surface area contributed by atoms with Crippen molar-refractivity contribution in [2.45, 2.75) is 65.3 Å². The minimum atomic E-state index is -0.831. The molecule has 3 rings (SSSR count). The van der Waals surface area contributed by atoms with Crippen LogP contribution in [0.25, 0.3) is 10.9 Å². The minimum absolute atomic E-state index is 0.0359. The van der Waals surface area contributed by atoms with Gasteiger partial charge in [0.25, 0.3) is 0 Å². The van der Waals surface area contributed by atoms with E-state index in [-0.39, 0.29) is 18.4 Å². The van der Waals surface area contributed by atoms with Crippen molar-refractivity contribution in [1.29, 1.82) is 0 Å². The molecule has 6 nitrogen and oxygen atoms in total. The van der Waals surface area contributed by atoms with E-state index in [1.54, 1.807) is 19.2 Å². The summed E-state index contributed by atoms with van der Waals surface area (Å²) in [6.45, 7) is 10.5. The van der Waals surface area contributed by atoms with Crippen molar-refractivity contribution in [1.82, 2.24) is 14.8 Å². The zero-order valence-corrected chi connectivity index (χ0v) is 18.8. The van der Waals surface area contributed by atoms with Crippen molar-refractivity contribution in [2.75, 3.05) is 20.1 Å². The van der Waals surface area contributed by atoms with Crippen molar-refractivity contribution < 1.29 is 19.0 Å². The Kier molecular flexibility index (Phi) is 6.43. The van der Waals surface area contributed by atoms with Crippen molar-refractivity contribution in [3.8, 4) is 0 Å². The molecule has 1 aromatic heterocycles. The molecule has 0 saturated carbocycles. The lowest BCUT2D eigenvalue weighted by Crippen LogP contribution is -2.49. The van der Waals surface area contributed by atoms with Gasteiger partial charge in [0.2, 0.25) is 0 Å². The Labute approximate surface area is 178 Å². The number of H-pyrrole nitrogens is 1. The van der Waals surface area contributed by atoms with Crippen LogP contribution in [0.2, 0.25) is 0 Å². The molecule has 1 aliphatic rings. The number of benzene rings is 1. The number of hydrogen-bond donors (Lipinski definition) is 2. The Hall–Kier alpha value is -2.12. The van der Waals surface area contributed by atoms with Crippen LogP contribution in [0.5, 0.6) is 0 Å². The zero-order chi connectivity index (χ0) is 22.2. The number of carbonyl (C=O) groups excluding carboxylic acids is 1. The van der Waals surface area contributed by atoms with Crippen molar-refractivity contribution in [3.63, 3.8) is 0 Å². The zero-order valence-electron chi connectivity index (χ0n) is 18.8. The monoisotopic (exact) mass is 419 g/mol. The normalized spacial score (nSPS) is 18.5. The topological polar surface area (TPSA) is 68.8 Å². The minimum Gasteiger partial charge on any atom is -0.444 e. The molecule has 2 N–H and O–H groups in total. The lowest BCUT2D eigenvalue weighted by Gasteiger charge is -2.40. The first-order valence-corrected chi connectivity index (χ1v) is 10.6. The number of aliphatic hydroxyl groups excluding tert-OH is 1. The molecule has 0 fully saturated rings. The molecule has 7 heteroatoms. The summed E-state index contributed by atoms with van der Waals surface area (Å²) in [6.07, 6.45) is 0.263. The largest absolute Gasteiger partial charge is 0.444 e. The van der Waals surface area contributed by atoms with Crippen LogP contribution < -0.4 is 0 Å². The molecule has 0 spiro atoms. The number of amides is 1. The number of aromatic nitrogens is 1. The SMILES string of the molecule is CC(C)CC1c2[nH]c3ccc(F)cc3c2CCN1C(O)CN(C)C(=O)OC(C)(C)C. The number of rotatable bonds is 5. The Bertz CT molecular complexity index is 903. The number of nitrogens with zero attached hydrogens (tertiary/aromatic N) is 2. The fraction of sp³-hybridized carbons (Fsp3) is 0.609. The maximum atomic E-state index is 13.8. The molecule has 30 heavy (non-hydrogen) atoms. The van der Waals surface area contributed by atoms with E-state index in [1.807, 2.05) is 25.7 Å². The fourth-order valence-corrected chi connectivity index (χ4v) is 4.18. The van der Waals surface area contributed by atoms with Gasteiger partial charge in [-0.25, -0.2) is 9.18 Å². The summed E-state index contributed by atoms with van der Waals surface area (Å²) in [6, 6.07) is 4.78. The Balaban J connectivity index is 1.84. The van der Waals surface area contributed by atoms with Gasteiger partial charge in [-0.2, -0.15) is 0 Å². The average molecular weight is 420 g/mol. The van der Waals surface area contributed by atoms with Crippen LogP contribution in [-0.2, 0) is 11.2 Å². The van der Waals surface area contributed by atoms with Gasteiger partial charge in [0.1, 0.15) is 17.6 Å². The summed E-state index contributed by atoms with van der Waals surface area (Å²) >= 11 is 0. The molecule has 0 bridgehead atoms. The van der Waals surface area contributed by atoms with Crippen LogP contribution in [0, 0.1) is 11.7 Å². The van der Waals surface area contributed by atoms with E-state index in [4.69, 9.17) is 4.74 Å². The van der Waals surface area contributed by atoms with Crippen molar-refractivity contribution in [2.24, 2.45) is 5.92 Å². The Morgan fingerprint density at radius 3 is 2.73 bits per heavy atom. The molecular weight excluding hydrogens is 385 g/mol. The number of aromatic amines is 1. The van der Waals surface area contributed by atoms with Gasteiger partial charge in [0.15, 0.2) is 0 Å². The van der Waals surface area contributed by atoms with Gasteiger partial charge in [0.05, 0.1) is 12.6 Å². The molecule has 0 radical (unpaired) electrons. The molecule has 2 aromatic rings. The number of hydrogen-bond acceptors (Lipinski definition) is 4. The lowest BCUT2D eigenvalue weighted by molar-refractivity contribution is -0.0552. The summed E-state index contributed by atoms with van der Waals surface area (Å²) in [5.74, 6) is 0.161. The molecule has 2 atom stereocenters. The number of ether oxygens (including phenoxy) is 1. The van der Waals surface area contributed by atoms with Gasteiger partial charge in [0, 0.05) is 30.2 Å². The lowest BCUT2D eigenvalue weighted by atomic mass is 9.91. The maximum Gasteiger partial charge on any atom is 0.410 e. The second-order valence-corrected chi connectivity index (χ2v) is 9.68. The number of fused-ring (bicyclic) bond motifs is 3. The van der Waals surface area contributed by atoms with Crippen LogP contribution in [0.3, 0.4) is 0 Å². The first-order valence-electron chi connectivity index (χ1n) is 10.6. The highest BCUT2D eigenvalue weighted by Gasteiger charge is 2.35. The predicted octanol–water partition coefficient (Wildman–Crippen LogP) is 4.44. The van der Waals surface area contributed by atoms with E-state index in [9.17, 15) is 14.3 Å². The molecule has 1 aliphatic heterocycles. The number of halogens is 1. The van der Waals surface area contributed by atoms with Gasteiger partial charge in [-0.15, -0.1) is 0 Å². The van der Waals surface area contributed by atoms with Gasteiger partial charge < -0.3 is 19.7 Å². The van der Waals surface area contributed by atoms with Crippen LogP contribution in [0.15, 0.2) is 18.2 Å². The van der Waals surface area contributed by atoms with Crippen LogP contribution in [0.4, 0.5) is 9.18 Å². The van der Waals surface area contributed by atoms with E-state index < -0.39 is 17.9 Å². The number of nitrogens with one attached hydrogen (secondary N) is 1. The highest BCUT2D eigenvalue weighted by atomic mass is 19.1. The third kappa shape index (κ3) is 4.95. The molecule has 0 aliphatic carbocycles. The molecule has 2 unspecified atom stereocenters. The summed E-state index contributed by atoms with van der Waals surface area (Å²) in [4.78, 5) is 19.2. The first-order chi connectivity index (χ1) is 14.0. The predicted molar refractivity (Wildman–Crippen MR) is 116 cm³/mol. The summed E-state index contributed by atoms with van der Waals surface area (Å²) in [5.41, 5.74) is 2.49. The molecule has 166 valence electrons. The van der Waals surface area contributed by atoms with E-state index in [0.717, 1.165) is 28.6 Å². The summed E-state index contributed by atoms with van der Waals surface area (Å²) < 4.78 is 19.2. The smallest absolute Gasteiger partial charge is 0.410 e. The van der Waals surface area contributed by atoms with Gasteiger partial charge in [-0.1, -0.05) is 13.8 Å². The first kappa shape index (κ1) is 22.6. The average Bonchev–Trinajstić information content (AvgIpc) is 2.98. The quantitative estimate of drug-likeness (QED) is 0.752. The standard InChI is InChI=1S/C23H34FN3O3/c1-14(2)11-19-21-16(17-12-15(24)7-8-18(17)25-21)9-10-27(19)20(28)13-26(6)22(29)30-23(3,4)5/h7-8,12,14,19-20,25,28H,9-11,13H2,1-6H3. The fourth-order valence-electron chi connectivity index (χ4n) is 4.18. The third-order valence-corrected chi connectivity index (χ3v) is 5.47. The molecule has 1 aromatic carbocycles. The maximum absolute atomic E-state index is 13.8. The second-order valence-electron chi connectivity index (χ2n) is 9.68. The second kappa shape index (κ2) is 8.55. The highest BCUT2D eigenvalue weighted by molar-refractivity contribution is 5.85. The molecule has 0 saturated heterocycles. The molecular formula is C23H34FN3O3. The molecule has 1 amide bonds. The number of aliphatic hydroxyl groups is 1. The van der Waals surface area contributed by atoms with E-state index in [0.29, 0.717) is 18.9 Å². The van der Waals surface area contributed by atoms with Gasteiger partial charge in [-0.05, 0) is 63.3 Å². The van der Waals surface area contributed by atoms with E-state index in [1.165, 1.54) is 11.0 Å². The van der Waals surface area contributed by atoms with Crippen molar-refractivity contribution >= 4 is 17.0 Å². The number of carbonyl (C=O) groups is 1. The third-order valence-electron chi connectivity index (χ3n) is 5.47. The van der Waals surface area contributed by atoms with Gasteiger partial charge in [-0.3, -0.25) is 4.90 Å². The molecule has 2 heterocycles. The van der Waals surface area contributed by atoms with Crippen molar-refractivity contribution in [3.05, 3.63) is 35.3 Å².